The van der Waals surface area contributed by atoms with Crippen LogP contribution >= 0.6 is 0 Å². The molecule has 9 nitrogen and oxygen atoms in total. The zero-order valence-corrected chi connectivity index (χ0v) is 18.4. The third-order valence-corrected chi connectivity index (χ3v) is 8.13. The van der Waals surface area contributed by atoms with Crippen molar-refractivity contribution >= 4 is 48.9 Å². The number of anilines is 3. The summed E-state index contributed by atoms with van der Waals surface area (Å²) in [6.45, 7) is 0.392. The number of nitrogens with zero attached hydrogens (tertiary/aromatic N) is 2. The zero-order chi connectivity index (χ0) is 22.4. The van der Waals surface area contributed by atoms with E-state index in [1.54, 1.807) is 18.2 Å². The van der Waals surface area contributed by atoms with Gasteiger partial charge < -0.3 is 5.32 Å². The first-order chi connectivity index (χ1) is 14.6. The quantitative estimate of drug-likeness (QED) is 0.737. The molecule has 2 aromatic carbocycles. The summed E-state index contributed by atoms with van der Waals surface area (Å²) in [6, 6.07) is 10.8. The molecular weight excluding hydrogens is 442 g/mol. The Balaban J connectivity index is 1.55. The molecule has 0 saturated carbocycles. The second kappa shape index (κ2) is 7.65. The molecule has 4 rings (SSSR count). The second-order valence-electron chi connectivity index (χ2n) is 7.51. The number of rotatable bonds is 4. The fourth-order valence-corrected chi connectivity index (χ4v) is 6.23. The first-order valence-electron chi connectivity index (χ1n) is 9.64. The van der Waals surface area contributed by atoms with Crippen molar-refractivity contribution in [3.8, 4) is 0 Å². The van der Waals surface area contributed by atoms with Gasteiger partial charge in [0.05, 0.1) is 23.4 Å². The lowest BCUT2D eigenvalue weighted by molar-refractivity contribution is -0.116. The van der Waals surface area contributed by atoms with Crippen LogP contribution in [-0.2, 0) is 31.3 Å². The van der Waals surface area contributed by atoms with E-state index in [1.165, 1.54) is 28.6 Å². The number of hydrogen-bond acceptors (Lipinski definition) is 6. The van der Waals surface area contributed by atoms with Crippen LogP contribution in [0.3, 0.4) is 0 Å². The molecule has 1 N–H and O–H groups in total. The predicted octanol–water partition coefficient (Wildman–Crippen LogP) is 1.72. The van der Waals surface area contributed by atoms with Gasteiger partial charge in [0.25, 0.3) is 5.91 Å². The summed E-state index contributed by atoms with van der Waals surface area (Å²) in [4.78, 5) is 24.5. The summed E-state index contributed by atoms with van der Waals surface area (Å²) in [5.74, 6) is -1.16. The number of amides is 2. The van der Waals surface area contributed by atoms with E-state index < -0.39 is 31.9 Å². The Hall–Kier alpha value is -2.92. The van der Waals surface area contributed by atoms with Crippen molar-refractivity contribution in [3.63, 3.8) is 0 Å². The molecule has 2 amide bonds. The normalized spacial score (nSPS) is 18.0. The van der Waals surface area contributed by atoms with E-state index in [-0.39, 0.29) is 23.4 Å². The second-order valence-corrected chi connectivity index (χ2v) is 11.4. The molecule has 0 radical (unpaired) electrons. The van der Waals surface area contributed by atoms with Crippen LogP contribution in [0.2, 0.25) is 0 Å². The standard InChI is InChI=1S/C20H21N3O6S2/c1-30(26,27)22-11-2-3-14-4-7-16(13-18(14)22)21-20(25)15-5-8-17(9-6-15)23-19(24)10-12-31(23,28)29/h4-9,13H,2-3,10-12H2,1H3,(H,21,25). The fraction of sp³-hybridized carbons (Fsp3) is 0.300. The van der Waals surface area contributed by atoms with Crippen molar-refractivity contribution < 1.29 is 26.4 Å². The Kier molecular flexibility index (Phi) is 5.26. The van der Waals surface area contributed by atoms with E-state index in [0.29, 0.717) is 17.9 Å². The molecule has 0 spiro atoms. The molecule has 0 atom stereocenters. The molecule has 2 aromatic rings. The lowest BCUT2D eigenvalue weighted by Crippen LogP contribution is -2.34. The highest BCUT2D eigenvalue weighted by Gasteiger charge is 2.36. The van der Waals surface area contributed by atoms with Crippen LogP contribution in [-0.4, -0.2) is 47.2 Å². The Morgan fingerprint density at radius 1 is 1.06 bits per heavy atom. The number of nitrogens with one attached hydrogen (secondary N) is 1. The summed E-state index contributed by atoms with van der Waals surface area (Å²) in [5, 5.41) is 2.74. The molecule has 2 aliphatic rings. The number of fused-ring (bicyclic) bond motifs is 1. The maximum Gasteiger partial charge on any atom is 0.255 e. The molecular formula is C20H21N3O6S2. The first kappa shape index (κ1) is 21.3. The maximum absolute atomic E-state index is 12.6. The highest BCUT2D eigenvalue weighted by atomic mass is 32.2. The molecule has 0 unspecified atom stereocenters. The van der Waals surface area contributed by atoms with Crippen LogP contribution in [0.1, 0.15) is 28.8 Å². The van der Waals surface area contributed by atoms with Crippen molar-refractivity contribution in [1.82, 2.24) is 0 Å². The summed E-state index contributed by atoms with van der Waals surface area (Å²) in [6.07, 6.45) is 2.58. The number of sulfonamides is 2. The summed E-state index contributed by atoms with van der Waals surface area (Å²) in [7, 11) is -7.09. The van der Waals surface area contributed by atoms with Crippen molar-refractivity contribution in [1.29, 1.82) is 0 Å². The van der Waals surface area contributed by atoms with Gasteiger partial charge in [0.2, 0.25) is 26.0 Å². The molecule has 0 aliphatic carbocycles. The van der Waals surface area contributed by atoms with Gasteiger partial charge >= 0.3 is 0 Å². The molecule has 0 aromatic heterocycles. The molecule has 1 fully saturated rings. The Morgan fingerprint density at radius 3 is 2.39 bits per heavy atom. The lowest BCUT2D eigenvalue weighted by Gasteiger charge is -2.29. The van der Waals surface area contributed by atoms with Crippen LogP contribution in [0.4, 0.5) is 17.1 Å². The number of aryl methyl sites for hydroxylation is 1. The SMILES string of the molecule is CS(=O)(=O)N1CCCc2ccc(NC(=O)c3ccc(N4C(=O)CCS4(=O)=O)cc3)cc21. The Bertz CT molecular complexity index is 1270. The predicted molar refractivity (Wildman–Crippen MR) is 117 cm³/mol. The summed E-state index contributed by atoms with van der Waals surface area (Å²) < 4.78 is 50.3. The number of carbonyl (C=O) groups is 2. The molecule has 31 heavy (non-hydrogen) atoms. The molecule has 11 heteroatoms. The minimum atomic E-state index is -3.67. The van der Waals surface area contributed by atoms with Gasteiger partial charge in [-0.15, -0.1) is 0 Å². The van der Waals surface area contributed by atoms with Crippen molar-refractivity contribution in [2.45, 2.75) is 19.3 Å². The average Bonchev–Trinajstić information content (AvgIpc) is 2.99. The monoisotopic (exact) mass is 463 g/mol. The van der Waals surface area contributed by atoms with Gasteiger partial charge in [-0.2, -0.15) is 0 Å². The van der Waals surface area contributed by atoms with Crippen LogP contribution < -0.4 is 13.9 Å². The molecule has 2 heterocycles. The third kappa shape index (κ3) is 4.15. The van der Waals surface area contributed by atoms with Gasteiger partial charge in [-0.1, -0.05) is 6.07 Å². The van der Waals surface area contributed by atoms with Crippen molar-refractivity contribution in [3.05, 3.63) is 53.6 Å². The van der Waals surface area contributed by atoms with Gasteiger partial charge in [0.1, 0.15) is 0 Å². The molecule has 2 aliphatic heterocycles. The molecule has 164 valence electrons. The minimum absolute atomic E-state index is 0.0621. The van der Waals surface area contributed by atoms with Crippen molar-refractivity contribution in [2.75, 3.05) is 32.5 Å². The highest BCUT2D eigenvalue weighted by molar-refractivity contribution is 7.94. The van der Waals surface area contributed by atoms with Crippen LogP contribution in [0.5, 0.6) is 0 Å². The topological polar surface area (TPSA) is 121 Å². The van der Waals surface area contributed by atoms with Crippen LogP contribution in [0.25, 0.3) is 0 Å². The molecule has 1 saturated heterocycles. The average molecular weight is 464 g/mol. The van der Waals surface area contributed by atoms with Gasteiger partial charge in [-0.3, -0.25) is 13.9 Å². The smallest absolute Gasteiger partial charge is 0.255 e. The molecule has 0 bridgehead atoms. The number of carbonyl (C=O) groups excluding carboxylic acids is 2. The van der Waals surface area contributed by atoms with Crippen molar-refractivity contribution in [2.24, 2.45) is 0 Å². The third-order valence-electron chi connectivity index (χ3n) is 5.26. The maximum atomic E-state index is 12.6. The van der Waals surface area contributed by atoms with Gasteiger partial charge in [-0.05, 0) is 54.8 Å². The largest absolute Gasteiger partial charge is 0.322 e. The Morgan fingerprint density at radius 2 is 1.77 bits per heavy atom. The fourth-order valence-electron chi connectivity index (χ4n) is 3.78. The number of hydrogen-bond donors (Lipinski definition) is 1. The summed E-state index contributed by atoms with van der Waals surface area (Å²) in [5.41, 5.74) is 2.36. The van der Waals surface area contributed by atoms with E-state index in [4.69, 9.17) is 0 Å². The minimum Gasteiger partial charge on any atom is -0.322 e. The van der Waals surface area contributed by atoms with E-state index in [9.17, 15) is 26.4 Å². The van der Waals surface area contributed by atoms with Gasteiger partial charge in [0, 0.05) is 24.2 Å². The number of benzene rings is 2. The van der Waals surface area contributed by atoms with Crippen LogP contribution in [0.15, 0.2) is 42.5 Å². The summed E-state index contributed by atoms with van der Waals surface area (Å²) >= 11 is 0. The van der Waals surface area contributed by atoms with E-state index >= 15 is 0 Å². The van der Waals surface area contributed by atoms with Gasteiger partial charge in [-0.25, -0.2) is 21.1 Å². The zero-order valence-electron chi connectivity index (χ0n) is 16.7. The highest BCUT2D eigenvalue weighted by Crippen LogP contribution is 2.32. The van der Waals surface area contributed by atoms with Crippen LogP contribution in [0, 0.1) is 0 Å². The first-order valence-corrected chi connectivity index (χ1v) is 13.1. The van der Waals surface area contributed by atoms with E-state index in [2.05, 4.69) is 5.32 Å². The van der Waals surface area contributed by atoms with E-state index in [0.717, 1.165) is 29.0 Å². The lowest BCUT2D eigenvalue weighted by atomic mass is 10.0. The van der Waals surface area contributed by atoms with Gasteiger partial charge in [0.15, 0.2) is 0 Å². The van der Waals surface area contributed by atoms with E-state index in [1.807, 2.05) is 0 Å². The Labute approximate surface area is 180 Å².